The Morgan fingerprint density at radius 1 is 1.29 bits per heavy atom. The Labute approximate surface area is 139 Å². The van der Waals surface area contributed by atoms with Crippen LogP contribution in [-0.2, 0) is 0 Å². The van der Waals surface area contributed by atoms with Crippen molar-refractivity contribution in [2.45, 2.75) is 6.92 Å². The second-order valence-corrected chi connectivity index (χ2v) is 6.11. The first kappa shape index (κ1) is 15.7. The number of aryl methyl sites for hydroxylation is 1. The fraction of sp³-hybridized carbons (Fsp3) is 0.0667. The van der Waals surface area contributed by atoms with Crippen molar-refractivity contribution >= 4 is 44.0 Å². The average molecular weight is 412 g/mol. The molecule has 108 valence electrons. The number of rotatable bonds is 3. The van der Waals surface area contributed by atoms with Gasteiger partial charge in [-0.05, 0) is 52.7 Å². The molecule has 2 aromatic carbocycles. The highest BCUT2D eigenvalue weighted by molar-refractivity contribution is 9.10. The topological polar surface area (TPSA) is 61.7 Å². The smallest absolute Gasteiger partial charge is 0.272 e. The number of halogens is 2. The molecule has 0 aliphatic carbocycles. The number of nitrogens with zero attached hydrogens (tertiary/aromatic N) is 1. The summed E-state index contributed by atoms with van der Waals surface area (Å²) in [6.45, 7) is 1.79. The molecule has 0 radical (unpaired) electrons. The molecule has 2 rings (SSSR count). The largest absolute Gasteiger partial charge is 0.507 e. The molecule has 0 atom stereocenters. The summed E-state index contributed by atoms with van der Waals surface area (Å²) in [5.41, 5.74) is 4.17. The molecule has 4 nitrogen and oxygen atoms in total. The Morgan fingerprint density at radius 2 is 2.00 bits per heavy atom. The van der Waals surface area contributed by atoms with Gasteiger partial charge in [-0.2, -0.15) is 5.10 Å². The number of aromatic hydroxyl groups is 1. The van der Waals surface area contributed by atoms with Crippen molar-refractivity contribution in [2.24, 2.45) is 5.10 Å². The lowest BCUT2D eigenvalue weighted by molar-refractivity contribution is 0.0954. The van der Waals surface area contributed by atoms with Gasteiger partial charge in [0, 0.05) is 14.5 Å². The molecule has 2 aromatic rings. The zero-order valence-electron chi connectivity index (χ0n) is 11.1. The minimum Gasteiger partial charge on any atom is -0.507 e. The Balaban J connectivity index is 2.13. The van der Waals surface area contributed by atoms with Gasteiger partial charge in [-0.3, -0.25) is 4.79 Å². The molecule has 6 heteroatoms. The maximum atomic E-state index is 11.9. The van der Waals surface area contributed by atoms with Gasteiger partial charge in [0.05, 0.1) is 11.8 Å². The Bertz CT molecular complexity index is 715. The predicted molar refractivity (Wildman–Crippen MR) is 89.7 cm³/mol. The number of hydrogen-bond acceptors (Lipinski definition) is 3. The summed E-state index contributed by atoms with van der Waals surface area (Å²) in [5.74, 6) is -0.193. The van der Waals surface area contributed by atoms with E-state index in [1.54, 1.807) is 37.3 Å². The Kier molecular flexibility index (Phi) is 5.14. The zero-order valence-corrected chi connectivity index (χ0v) is 14.3. The zero-order chi connectivity index (χ0) is 15.4. The van der Waals surface area contributed by atoms with E-state index in [0.717, 1.165) is 10.0 Å². The number of carbonyl (C=O) groups excluding carboxylic acids is 1. The van der Waals surface area contributed by atoms with Crippen LogP contribution in [0.3, 0.4) is 0 Å². The lowest BCUT2D eigenvalue weighted by Crippen LogP contribution is -2.18. The van der Waals surface area contributed by atoms with Crippen LogP contribution in [0.5, 0.6) is 5.75 Å². The average Bonchev–Trinajstić information content (AvgIpc) is 2.44. The second kappa shape index (κ2) is 6.87. The molecule has 2 N–H and O–H groups in total. The molecule has 0 aromatic heterocycles. The van der Waals surface area contributed by atoms with Crippen LogP contribution in [0.25, 0.3) is 0 Å². The van der Waals surface area contributed by atoms with Crippen LogP contribution in [0.1, 0.15) is 21.5 Å². The molecule has 0 aliphatic heterocycles. The van der Waals surface area contributed by atoms with Crippen molar-refractivity contribution in [2.75, 3.05) is 0 Å². The third kappa shape index (κ3) is 3.92. The minimum absolute atomic E-state index is 0.136. The molecule has 0 saturated carbocycles. The minimum atomic E-state index is -0.329. The summed E-state index contributed by atoms with van der Waals surface area (Å²) < 4.78 is 1.52. The van der Waals surface area contributed by atoms with Crippen LogP contribution in [0.2, 0.25) is 0 Å². The van der Waals surface area contributed by atoms with Gasteiger partial charge in [-0.15, -0.1) is 0 Å². The number of benzene rings is 2. The van der Waals surface area contributed by atoms with Gasteiger partial charge in [-0.1, -0.05) is 28.1 Å². The van der Waals surface area contributed by atoms with Gasteiger partial charge < -0.3 is 5.11 Å². The summed E-state index contributed by atoms with van der Waals surface area (Å²) in [7, 11) is 0. The molecule has 21 heavy (non-hydrogen) atoms. The highest BCUT2D eigenvalue weighted by Crippen LogP contribution is 2.25. The summed E-state index contributed by atoms with van der Waals surface area (Å²) in [6.07, 6.45) is 1.40. The molecule has 0 heterocycles. The van der Waals surface area contributed by atoms with Gasteiger partial charge in [0.2, 0.25) is 0 Å². The molecule has 0 saturated heterocycles. The van der Waals surface area contributed by atoms with Crippen molar-refractivity contribution in [1.82, 2.24) is 5.43 Å². The van der Waals surface area contributed by atoms with Gasteiger partial charge in [-0.25, -0.2) is 5.43 Å². The SMILES string of the molecule is Cc1cc(Br)cc(C=NNC(=O)c2ccccc2Br)c1O. The fourth-order valence-corrected chi connectivity index (χ4v) is 2.78. The van der Waals surface area contributed by atoms with Gasteiger partial charge >= 0.3 is 0 Å². The van der Waals surface area contributed by atoms with Crippen LogP contribution in [-0.4, -0.2) is 17.2 Å². The summed E-state index contributed by atoms with van der Waals surface area (Å²) in [4.78, 5) is 11.9. The third-order valence-electron chi connectivity index (χ3n) is 2.78. The van der Waals surface area contributed by atoms with E-state index in [2.05, 4.69) is 42.4 Å². The number of phenols is 1. The first-order valence-electron chi connectivity index (χ1n) is 6.06. The molecule has 0 bridgehead atoms. The van der Waals surface area contributed by atoms with E-state index in [0.29, 0.717) is 15.6 Å². The lowest BCUT2D eigenvalue weighted by atomic mass is 10.1. The molecule has 0 unspecified atom stereocenters. The molecule has 0 aliphatic rings. The second-order valence-electron chi connectivity index (χ2n) is 4.34. The van der Waals surface area contributed by atoms with Crippen LogP contribution in [0.4, 0.5) is 0 Å². The number of phenolic OH excluding ortho intramolecular Hbond substituents is 1. The maximum absolute atomic E-state index is 11.9. The number of hydrogen-bond donors (Lipinski definition) is 2. The third-order valence-corrected chi connectivity index (χ3v) is 3.93. The lowest BCUT2D eigenvalue weighted by Gasteiger charge is -2.05. The normalized spacial score (nSPS) is 10.8. The Morgan fingerprint density at radius 3 is 2.71 bits per heavy atom. The predicted octanol–water partition coefficient (Wildman–Crippen LogP) is 3.99. The van der Waals surface area contributed by atoms with Crippen molar-refractivity contribution in [1.29, 1.82) is 0 Å². The van der Waals surface area contributed by atoms with E-state index < -0.39 is 0 Å². The van der Waals surface area contributed by atoms with Crippen LogP contribution in [0, 0.1) is 6.92 Å². The van der Waals surface area contributed by atoms with Gasteiger partial charge in [0.15, 0.2) is 0 Å². The van der Waals surface area contributed by atoms with E-state index in [-0.39, 0.29) is 11.7 Å². The standard InChI is InChI=1S/C15H12Br2N2O2/c1-9-6-11(16)7-10(14(9)20)8-18-19-15(21)12-4-2-3-5-13(12)17/h2-8,20H,1H3,(H,19,21). The highest BCUT2D eigenvalue weighted by atomic mass is 79.9. The van der Waals surface area contributed by atoms with Crippen molar-refractivity contribution < 1.29 is 9.90 Å². The monoisotopic (exact) mass is 410 g/mol. The number of nitrogens with one attached hydrogen (secondary N) is 1. The van der Waals surface area contributed by atoms with Gasteiger partial charge in [0.25, 0.3) is 5.91 Å². The van der Waals surface area contributed by atoms with Gasteiger partial charge in [0.1, 0.15) is 5.75 Å². The number of carbonyl (C=O) groups is 1. The molecule has 1 amide bonds. The van der Waals surface area contributed by atoms with Crippen LogP contribution >= 0.6 is 31.9 Å². The van der Waals surface area contributed by atoms with Crippen molar-refractivity contribution in [3.05, 3.63) is 62.0 Å². The quantitative estimate of drug-likeness (QED) is 0.592. The van der Waals surface area contributed by atoms with E-state index >= 15 is 0 Å². The van der Waals surface area contributed by atoms with Crippen LogP contribution < -0.4 is 5.43 Å². The summed E-state index contributed by atoms with van der Waals surface area (Å²) in [6, 6.07) is 10.6. The highest BCUT2D eigenvalue weighted by Gasteiger charge is 2.08. The molecule has 0 spiro atoms. The first-order valence-corrected chi connectivity index (χ1v) is 7.64. The summed E-state index contributed by atoms with van der Waals surface area (Å²) in [5, 5.41) is 13.8. The van der Waals surface area contributed by atoms with Crippen LogP contribution in [0.15, 0.2) is 50.4 Å². The first-order chi connectivity index (χ1) is 9.99. The maximum Gasteiger partial charge on any atom is 0.272 e. The number of amides is 1. The van der Waals surface area contributed by atoms with E-state index in [1.165, 1.54) is 6.21 Å². The van der Waals surface area contributed by atoms with Crippen molar-refractivity contribution in [3.8, 4) is 5.75 Å². The summed E-state index contributed by atoms with van der Waals surface area (Å²) >= 11 is 6.65. The van der Waals surface area contributed by atoms with E-state index in [1.807, 2.05) is 6.07 Å². The fourth-order valence-electron chi connectivity index (χ4n) is 1.73. The molecular formula is C15H12Br2N2O2. The number of hydrazone groups is 1. The van der Waals surface area contributed by atoms with Crippen molar-refractivity contribution in [3.63, 3.8) is 0 Å². The van der Waals surface area contributed by atoms with E-state index in [4.69, 9.17) is 0 Å². The Hall–Kier alpha value is -1.66. The van der Waals surface area contributed by atoms with E-state index in [9.17, 15) is 9.90 Å². The molecular weight excluding hydrogens is 400 g/mol. The molecule has 0 fully saturated rings.